The lowest BCUT2D eigenvalue weighted by molar-refractivity contribution is 0.661. The van der Waals surface area contributed by atoms with Crippen molar-refractivity contribution in [2.75, 3.05) is 0 Å². The highest BCUT2D eigenvalue weighted by atomic mass is 35.5. The van der Waals surface area contributed by atoms with Crippen molar-refractivity contribution >= 4 is 11.6 Å². The predicted octanol–water partition coefficient (Wildman–Crippen LogP) is 2.70. The van der Waals surface area contributed by atoms with Gasteiger partial charge in [-0.2, -0.15) is 0 Å². The van der Waals surface area contributed by atoms with E-state index in [9.17, 15) is 0 Å². The van der Waals surface area contributed by atoms with E-state index in [-0.39, 0.29) is 6.04 Å². The summed E-state index contributed by atoms with van der Waals surface area (Å²) < 4.78 is 0. The monoisotopic (exact) mass is 196 g/mol. The maximum Gasteiger partial charge on any atom is 0.0637 e. The molecule has 1 aromatic heterocycles. The van der Waals surface area contributed by atoms with E-state index >= 15 is 0 Å². The van der Waals surface area contributed by atoms with Crippen LogP contribution in [-0.2, 0) is 0 Å². The molecule has 3 heteroatoms. The van der Waals surface area contributed by atoms with Gasteiger partial charge in [-0.3, -0.25) is 4.98 Å². The summed E-state index contributed by atoms with van der Waals surface area (Å²) in [5.41, 5.74) is 6.88. The second kappa shape index (κ2) is 5.00. The molecule has 1 rings (SSSR count). The zero-order valence-electron chi connectivity index (χ0n) is 7.41. The van der Waals surface area contributed by atoms with E-state index in [1.807, 2.05) is 12.1 Å². The van der Waals surface area contributed by atoms with Gasteiger partial charge in [0.1, 0.15) is 0 Å². The molecule has 70 valence electrons. The highest BCUT2D eigenvalue weighted by Crippen LogP contribution is 2.22. The molecule has 0 aliphatic carbocycles. The molecule has 13 heavy (non-hydrogen) atoms. The summed E-state index contributed by atoms with van der Waals surface area (Å²) in [7, 11) is 0. The summed E-state index contributed by atoms with van der Waals surface area (Å²) in [5, 5.41) is 0.638. The van der Waals surface area contributed by atoms with Gasteiger partial charge in [0.15, 0.2) is 0 Å². The van der Waals surface area contributed by atoms with Crippen molar-refractivity contribution in [3.63, 3.8) is 0 Å². The SMILES string of the molecule is C=CCC[C@@H](N)c1ccncc1Cl. The molecular weight excluding hydrogens is 184 g/mol. The predicted molar refractivity (Wildman–Crippen MR) is 55.6 cm³/mol. The fourth-order valence-corrected chi connectivity index (χ4v) is 1.40. The van der Waals surface area contributed by atoms with Crippen LogP contribution in [0.25, 0.3) is 0 Å². The summed E-state index contributed by atoms with van der Waals surface area (Å²) in [6.07, 6.45) is 6.95. The third-order valence-corrected chi connectivity index (χ3v) is 2.20. The van der Waals surface area contributed by atoms with Crippen molar-refractivity contribution < 1.29 is 0 Å². The number of pyridine rings is 1. The van der Waals surface area contributed by atoms with Crippen molar-refractivity contribution in [1.82, 2.24) is 4.98 Å². The van der Waals surface area contributed by atoms with Gasteiger partial charge in [0.2, 0.25) is 0 Å². The van der Waals surface area contributed by atoms with Crippen LogP contribution < -0.4 is 5.73 Å². The highest BCUT2D eigenvalue weighted by molar-refractivity contribution is 6.31. The lowest BCUT2D eigenvalue weighted by Crippen LogP contribution is -2.10. The van der Waals surface area contributed by atoms with E-state index in [1.165, 1.54) is 0 Å². The molecule has 0 spiro atoms. The number of rotatable bonds is 4. The van der Waals surface area contributed by atoms with Gasteiger partial charge in [-0.15, -0.1) is 6.58 Å². The molecule has 0 saturated heterocycles. The normalized spacial score (nSPS) is 12.5. The number of nitrogens with two attached hydrogens (primary N) is 1. The van der Waals surface area contributed by atoms with Gasteiger partial charge in [-0.1, -0.05) is 17.7 Å². The molecule has 0 aliphatic rings. The zero-order valence-corrected chi connectivity index (χ0v) is 8.17. The number of allylic oxidation sites excluding steroid dienone is 1. The van der Waals surface area contributed by atoms with Gasteiger partial charge in [-0.25, -0.2) is 0 Å². The Hall–Kier alpha value is -0.860. The van der Waals surface area contributed by atoms with Crippen LogP contribution in [0.3, 0.4) is 0 Å². The molecule has 1 aromatic rings. The first kappa shape index (κ1) is 10.2. The number of hydrogen-bond donors (Lipinski definition) is 1. The first-order chi connectivity index (χ1) is 6.25. The summed E-state index contributed by atoms with van der Waals surface area (Å²) in [4.78, 5) is 3.90. The molecule has 2 N–H and O–H groups in total. The van der Waals surface area contributed by atoms with Crippen LogP contribution in [0.2, 0.25) is 5.02 Å². The summed E-state index contributed by atoms with van der Waals surface area (Å²) >= 11 is 5.93. The molecule has 0 fully saturated rings. The highest BCUT2D eigenvalue weighted by Gasteiger charge is 2.08. The number of hydrogen-bond acceptors (Lipinski definition) is 2. The van der Waals surface area contributed by atoms with Gasteiger partial charge in [0.05, 0.1) is 5.02 Å². The topological polar surface area (TPSA) is 38.9 Å². The average molecular weight is 197 g/mol. The van der Waals surface area contributed by atoms with Crippen molar-refractivity contribution in [3.8, 4) is 0 Å². The van der Waals surface area contributed by atoms with Gasteiger partial charge in [0, 0.05) is 18.4 Å². The maximum absolute atomic E-state index is 5.93. The van der Waals surface area contributed by atoms with E-state index in [0.717, 1.165) is 18.4 Å². The first-order valence-corrected chi connectivity index (χ1v) is 4.59. The van der Waals surface area contributed by atoms with Gasteiger partial charge >= 0.3 is 0 Å². The van der Waals surface area contributed by atoms with Crippen molar-refractivity contribution in [3.05, 3.63) is 41.7 Å². The zero-order chi connectivity index (χ0) is 9.68. The Morgan fingerprint density at radius 1 is 1.69 bits per heavy atom. The third-order valence-electron chi connectivity index (χ3n) is 1.89. The van der Waals surface area contributed by atoms with Crippen LogP contribution in [0.4, 0.5) is 0 Å². The molecule has 0 unspecified atom stereocenters. The van der Waals surface area contributed by atoms with Crippen LogP contribution in [0, 0.1) is 0 Å². The van der Waals surface area contributed by atoms with Crippen molar-refractivity contribution in [2.45, 2.75) is 18.9 Å². The summed E-state index contributed by atoms with van der Waals surface area (Å²) in [5.74, 6) is 0. The number of nitrogens with zero attached hydrogens (tertiary/aromatic N) is 1. The van der Waals surface area contributed by atoms with Crippen molar-refractivity contribution in [2.24, 2.45) is 5.73 Å². The Morgan fingerprint density at radius 2 is 2.46 bits per heavy atom. The maximum atomic E-state index is 5.93. The average Bonchev–Trinajstić information content (AvgIpc) is 2.15. The smallest absolute Gasteiger partial charge is 0.0637 e. The summed E-state index contributed by atoms with van der Waals surface area (Å²) in [6.45, 7) is 3.65. The van der Waals surface area contributed by atoms with Crippen LogP contribution in [0.15, 0.2) is 31.1 Å². The Balaban J connectivity index is 2.70. The Bertz CT molecular complexity index is 286. The quantitative estimate of drug-likeness (QED) is 0.753. The lowest BCUT2D eigenvalue weighted by atomic mass is 10.0. The molecule has 0 bridgehead atoms. The second-order valence-electron chi connectivity index (χ2n) is 2.87. The van der Waals surface area contributed by atoms with Crippen LogP contribution in [-0.4, -0.2) is 4.98 Å². The standard InChI is InChI=1S/C10H13ClN2/c1-2-3-4-10(12)8-5-6-13-7-9(8)11/h2,5-7,10H,1,3-4,12H2/t10-/m1/s1. The van der Waals surface area contributed by atoms with E-state index in [1.54, 1.807) is 12.4 Å². The molecule has 1 atom stereocenters. The third kappa shape index (κ3) is 2.83. The van der Waals surface area contributed by atoms with Crippen LogP contribution in [0.5, 0.6) is 0 Å². The Labute approximate surface area is 83.4 Å². The van der Waals surface area contributed by atoms with Gasteiger partial charge < -0.3 is 5.73 Å². The number of halogens is 1. The first-order valence-electron chi connectivity index (χ1n) is 4.21. The number of aromatic nitrogens is 1. The minimum atomic E-state index is -0.0199. The molecule has 0 aromatic carbocycles. The van der Waals surface area contributed by atoms with Crippen LogP contribution in [0.1, 0.15) is 24.4 Å². The lowest BCUT2D eigenvalue weighted by Gasteiger charge is -2.11. The molecule has 0 aliphatic heterocycles. The Kier molecular flexibility index (Phi) is 3.93. The molecular formula is C10H13ClN2. The minimum absolute atomic E-state index is 0.0199. The van der Waals surface area contributed by atoms with E-state index in [0.29, 0.717) is 5.02 Å². The van der Waals surface area contributed by atoms with E-state index in [4.69, 9.17) is 17.3 Å². The molecule has 0 amide bonds. The fraction of sp³-hybridized carbons (Fsp3) is 0.300. The van der Waals surface area contributed by atoms with Crippen molar-refractivity contribution in [1.29, 1.82) is 0 Å². The van der Waals surface area contributed by atoms with E-state index in [2.05, 4.69) is 11.6 Å². The largest absolute Gasteiger partial charge is 0.324 e. The minimum Gasteiger partial charge on any atom is -0.324 e. The van der Waals surface area contributed by atoms with E-state index < -0.39 is 0 Å². The summed E-state index contributed by atoms with van der Waals surface area (Å²) in [6, 6.07) is 1.84. The van der Waals surface area contributed by atoms with Gasteiger partial charge in [0.25, 0.3) is 0 Å². The Morgan fingerprint density at radius 3 is 3.08 bits per heavy atom. The molecule has 1 heterocycles. The molecule has 2 nitrogen and oxygen atoms in total. The fourth-order valence-electron chi connectivity index (χ4n) is 1.14. The molecule has 0 radical (unpaired) electrons. The van der Waals surface area contributed by atoms with Gasteiger partial charge in [-0.05, 0) is 24.5 Å². The second-order valence-corrected chi connectivity index (χ2v) is 3.28. The van der Waals surface area contributed by atoms with Crippen LogP contribution >= 0.6 is 11.6 Å². The molecule has 0 saturated carbocycles.